The molecular weight excluding hydrogens is 388 g/mol. The molecule has 0 amide bonds. The molecule has 1 heterocycles. The molecule has 0 fully saturated rings. The number of carbonyl (C=O) groups excluding carboxylic acids is 1. The van der Waals surface area contributed by atoms with Crippen molar-refractivity contribution in [2.45, 2.75) is 39.2 Å². The van der Waals surface area contributed by atoms with Crippen LogP contribution >= 0.6 is 0 Å². The number of hydrogen-bond acceptors (Lipinski definition) is 5. The summed E-state index contributed by atoms with van der Waals surface area (Å²) in [6.07, 6.45) is -0.132. The highest BCUT2D eigenvalue weighted by Gasteiger charge is 2.17. The third-order valence-corrected chi connectivity index (χ3v) is 4.28. The van der Waals surface area contributed by atoms with Crippen LogP contribution in [0.15, 0.2) is 52.1 Å². The van der Waals surface area contributed by atoms with E-state index in [1.807, 2.05) is 0 Å². The van der Waals surface area contributed by atoms with Gasteiger partial charge in [0.2, 0.25) is 0 Å². The van der Waals surface area contributed by atoms with Crippen LogP contribution in [0.3, 0.4) is 0 Å². The van der Waals surface area contributed by atoms with E-state index in [1.54, 1.807) is 51.1 Å². The summed E-state index contributed by atoms with van der Waals surface area (Å²) in [6.45, 7) is 5.33. The number of ether oxygens (including phenoxy) is 1. The number of carboxylic acid groups (broad SMARTS) is 1. The van der Waals surface area contributed by atoms with Gasteiger partial charge in [0.05, 0.1) is 29.4 Å². The van der Waals surface area contributed by atoms with Crippen molar-refractivity contribution in [1.82, 2.24) is 9.55 Å². The first-order valence-electron chi connectivity index (χ1n) is 9.34. The van der Waals surface area contributed by atoms with Crippen molar-refractivity contribution in [2.75, 3.05) is 0 Å². The van der Waals surface area contributed by atoms with Gasteiger partial charge in [-0.1, -0.05) is 18.2 Å². The second-order valence-electron chi connectivity index (χ2n) is 7.95. The van der Waals surface area contributed by atoms with Gasteiger partial charge in [-0.25, -0.2) is 9.36 Å². The largest absolute Gasteiger partial charge is 0.481 e. The molecule has 0 radical (unpaired) electrons. The number of rotatable bonds is 5. The number of aromatic amines is 1. The van der Waals surface area contributed by atoms with E-state index >= 15 is 0 Å². The maximum absolute atomic E-state index is 12.9. The highest BCUT2D eigenvalue weighted by atomic mass is 16.6. The number of hydrogen-bond donors (Lipinski definition) is 2. The van der Waals surface area contributed by atoms with E-state index in [0.717, 1.165) is 4.57 Å². The lowest BCUT2D eigenvalue weighted by Gasteiger charge is -2.19. The van der Waals surface area contributed by atoms with Crippen LogP contribution in [0.4, 0.5) is 0 Å². The van der Waals surface area contributed by atoms with Crippen LogP contribution in [0.2, 0.25) is 0 Å². The Kier molecular flexibility index (Phi) is 5.60. The Labute approximate surface area is 171 Å². The summed E-state index contributed by atoms with van der Waals surface area (Å²) < 4.78 is 6.28. The monoisotopic (exact) mass is 410 g/mol. The van der Waals surface area contributed by atoms with Gasteiger partial charge in [-0.3, -0.25) is 14.4 Å². The Morgan fingerprint density at radius 1 is 1.00 bits per heavy atom. The molecule has 0 bridgehead atoms. The summed E-state index contributed by atoms with van der Waals surface area (Å²) in [6, 6.07) is 11.0. The molecule has 8 nitrogen and oxygen atoms in total. The smallest absolute Gasteiger partial charge is 0.333 e. The molecule has 2 aromatic carbocycles. The van der Waals surface area contributed by atoms with Crippen molar-refractivity contribution in [3.05, 3.63) is 74.4 Å². The summed E-state index contributed by atoms with van der Waals surface area (Å²) in [5.41, 5.74) is 0.0814. The number of nitrogens with zero attached hydrogens (tertiary/aromatic N) is 1. The lowest BCUT2D eigenvalue weighted by molar-refractivity contribution is -0.153. The van der Waals surface area contributed by atoms with E-state index in [-0.39, 0.29) is 18.2 Å². The van der Waals surface area contributed by atoms with Gasteiger partial charge in [0, 0.05) is 0 Å². The van der Waals surface area contributed by atoms with Crippen molar-refractivity contribution in [3.63, 3.8) is 0 Å². The fourth-order valence-corrected chi connectivity index (χ4v) is 3.09. The Hall–Kier alpha value is -3.68. The fourth-order valence-electron chi connectivity index (χ4n) is 3.09. The summed E-state index contributed by atoms with van der Waals surface area (Å²) >= 11 is 0. The normalized spacial score (nSPS) is 11.4. The summed E-state index contributed by atoms with van der Waals surface area (Å²) in [7, 11) is 0. The Balaban J connectivity index is 1.96. The van der Waals surface area contributed by atoms with Gasteiger partial charge in [-0.05, 0) is 56.2 Å². The predicted molar refractivity (Wildman–Crippen MR) is 111 cm³/mol. The van der Waals surface area contributed by atoms with Gasteiger partial charge in [-0.15, -0.1) is 0 Å². The van der Waals surface area contributed by atoms with E-state index in [1.165, 1.54) is 12.1 Å². The van der Waals surface area contributed by atoms with E-state index in [2.05, 4.69) is 4.98 Å². The quantitative estimate of drug-likeness (QED) is 0.623. The van der Waals surface area contributed by atoms with Crippen LogP contribution in [-0.2, 0) is 27.2 Å². The van der Waals surface area contributed by atoms with E-state index in [4.69, 9.17) is 9.84 Å². The minimum Gasteiger partial charge on any atom is -0.481 e. The second kappa shape index (κ2) is 7.98. The van der Waals surface area contributed by atoms with Crippen LogP contribution in [0.1, 0.15) is 31.9 Å². The lowest BCUT2D eigenvalue weighted by Crippen LogP contribution is -2.33. The first-order chi connectivity index (χ1) is 14.0. The van der Waals surface area contributed by atoms with Gasteiger partial charge in [0.1, 0.15) is 5.60 Å². The third kappa shape index (κ3) is 4.83. The summed E-state index contributed by atoms with van der Waals surface area (Å²) in [5, 5.41) is 9.14. The lowest BCUT2D eigenvalue weighted by atomic mass is 10.1. The molecule has 3 aromatic rings. The van der Waals surface area contributed by atoms with Crippen LogP contribution in [0.25, 0.3) is 16.6 Å². The molecule has 0 aliphatic rings. The van der Waals surface area contributed by atoms with Crippen LogP contribution in [-0.4, -0.2) is 32.2 Å². The SMILES string of the molecule is CC(C)(C)OC(=O)Cc1ccc2c(=O)n(-c3ccc(CC(=O)O)cc3)c(=O)[nH]c2c1. The van der Waals surface area contributed by atoms with Crippen LogP contribution in [0, 0.1) is 0 Å². The molecular formula is C22H22N2O6. The molecule has 1 aromatic heterocycles. The fraction of sp³-hybridized carbons (Fsp3) is 0.273. The number of aliphatic carboxylic acids is 1. The molecule has 0 aliphatic carbocycles. The standard InChI is InChI=1S/C22H22N2O6/c1-22(2,3)30-19(27)12-14-6-9-16-17(10-14)23-21(29)24(20(16)28)15-7-4-13(5-8-15)11-18(25)26/h4-10H,11-12H2,1-3H3,(H,23,29)(H,25,26). The van der Waals surface area contributed by atoms with Crippen LogP contribution in [0.5, 0.6) is 0 Å². The Bertz CT molecular complexity index is 1230. The predicted octanol–water partition coefficient (Wildman–Crippen LogP) is 2.19. The van der Waals surface area contributed by atoms with Gasteiger partial charge in [0.15, 0.2) is 0 Å². The van der Waals surface area contributed by atoms with Crippen molar-refractivity contribution < 1.29 is 19.4 Å². The average molecular weight is 410 g/mol. The first kappa shape index (κ1) is 21.0. The van der Waals surface area contributed by atoms with Crippen molar-refractivity contribution in [1.29, 1.82) is 0 Å². The maximum atomic E-state index is 12.9. The Morgan fingerprint density at radius 2 is 1.63 bits per heavy atom. The van der Waals surface area contributed by atoms with Gasteiger partial charge >= 0.3 is 17.6 Å². The highest BCUT2D eigenvalue weighted by Crippen LogP contribution is 2.14. The van der Waals surface area contributed by atoms with E-state index in [9.17, 15) is 19.2 Å². The minimum absolute atomic E-state index is 0.0172. The molecule has 8 heteroatoms. The number of H-pyrrole nitrogens is 1. The van der Waals surface area contributed by atoms with Gasteiger partial charge in [0.25, 0.3) is 5.56 Å². The minimum atomic E-state index is -0.967. The van der Waals surface area contributed by atoms with E-state index in [0.29, 0.717) is 22.3 Å². The molecule has 3 rings (SSSR count). The number of fused-ring (bicyclic) bond motifs is 1. The van der Waals surface area contributed by atoms with Gasteiger partial charge in [-0.2, -0.15) is 0 Å². The Morgan fingerprint density at radius 3 is 2.23 bits per heavy atom. The average Bonchev–Trinajstić information content (AvgIpc) is 2.60. The molecule has 2 N–H and O–H groups in total. The van der Waals surface area contributed by atoms with Crippen molar-refractivity contribution >= 4 is 22.8 Å². The third-order valence-electron chi connectivity index (χ3n) is 4.28. The zero-order chi connectivity index (χ0) is 22.1. The summed E-state index contributed by atoms with van der Waals surface area (Å²) in [5.74, 6) is -1.37. The number of esters is 1. The van der Waals surface area contributed by atoms with E-state index < -0.39 is 28.8 Å². The molecule has 0 aliphatic heterocycles. The maximum Gasteiger partial charge on any atom is 0.333 e. The number of carbonyl (C=O) groups is 2. The number of benzene rings is 2. The molecule has 0 spiro atoms. The van der Waals surface area contributed by atoms with Crippen LogP contribution < -0.4 is 11.2 Å². The molecule has 0 saturated heterocycles. The van der Waals surface area contributed by atoms with Gasteiger partial charge < -0.3 is 14.8 Å². The first-order valence-corrected chi connectivity index (χ1v) is 9.34. The number of nitrogens with one attached hydrogen (secondary N) is 1. The zero-order valence-electron chi connectivity index (χ0n) is 16.9. The topological polar surface area (TPSA) is 118 Å². The number of carboxylic acids is 1. The van der Waals surface area contributed by atoms with Crippen molar-refractivity contribution in [2.24, 2.45) is 0 Å². The molecule has 0 atom stereocenters. The second-order valence-corrected chi connectivity index (χ2v) is 7.95. The summed E-state index contributed by atoms with van der Waals surface area (Å²) in [4.78, 5) is 51.0. The molecule has 156 valence electrons. The van der Waals surface area contributed by atoms with Crippen molar-refractivity contribution in [3.8, 4) is 5.69 Å². The highest BCUT2D eigenvalue weighted by molar-refractivity contribution is 5.81. The molecule has 0 unspecified atom stereocenters. The molecule has 0 saturated carbocycles. The number of aromatic nitrogens is 2. The molecule has 30 heavy (non-hydrogen) atoms. The zero-order valence-corrected chi connectivity index (χ0v) is 16.9.